The fourth-order valence-electron chi connectivity index (χ4n) is 0.566. The molecule has 0 aromatic carbocycles. The Labute approximate surface area is 67.0 Å². The van der Waals surface area contributed by atoms with E-state index < -0.39 is 15.9 Å². The second kappa shape index (κ2) is 4.35. The highest BCUT2D eigenvalue weighted by Crippen LogP contribution is 1.93. The highest BCUT2D eigenvalue weighted by atomic mass is 32.2. The molecule has 0 aromatic heterocycles. The monoisotopic (exact) mass is 179 g/mol. The molecule has 2 N–H and O–H groups in total. The van der Waals surface area contributed by atoms with Gasteiger partial charge in [0.05, 0.1) is 0 Å². The van der Waals surface area contributed by atoms with Crippen LogP contribution in [-0.2, 0) is 14.8 Å². The van der Waals surface area contributed by atoms with Crippen LogP contribution in [0.4, 0.5) is 0 Å². The van der Waals surface area contributed by atoms with E-state index in [1.807, 2.05) is 11.6 Å². The lowest BCUT2D eigenvalue weighted by Gasteiger charge is -2.02. The first-order chi connectivity index (χ1) is 4.95. The van der Waals surface area contributed by atoms with Gasteiger partial charge in [-0.05, 0) is 12.3 Å². The SMILES string of the molecule is C=S(=O)(O)NC(=O)CCCC. The second-order valence-corrected chi connectivity index (χ2v) is 3.75. The van der Waals surface area contributed by atoms with Crippen LogP contribution in [-0.4, -0.2) is 20.5 Å². The number of amides is 1. The third-order valence-electron chi connectivity index (χ3n) is 1.03. The highest BCUT2D eigenvalue weighted by molar-refractivity contribution is 7.93. The van der Waals surface area contributed by atoms with E-state index in [1.54, 1.807) is 0 Å². The van der Waals surface area contributed by atoms with Gasteiger partial charge in [0.1, 0.15) is 0 Å². The first-order valence-corrected chi connectivity index (χ1v) is 5.04. The van der Waals surface area contributed by atoms with Gasteiger partial charge in [-0.25, -0.2) is 4.21 Å². The first-order valence-electron chi connectivity index (χ1n) is 3.36. The van der Waals surface area contributed by atoms with Crippen LogP contribution >= 0.6 is 0 Å². The fourth-order valence-corrected chi connectivity index (χ4v) is 1.02. The summed E-state index contributed by atoms with van der Waals surface area (Å²) in [6, 6.07) is 0. The maximum absolute atomic E-state index is 10.7. The Morgan fingerprint density at radius 3 is 2.64 bits per heavy atom. The smallest absolute Gasteiger partial charge is 0.232 e. The highest BCUT2D eigenvalue weighted by Gasteiger charge is 2.03. The molecule has 66 valence electrons. The van der Waals surface area contributed by atoms with Gasteiger partial charge in [-0.1, -0.05) is 13.3 Å². The Morgan fingerprint density at radius 2 is 2.27 bits per heavy atom. The maximum Gasteiger partial charge on any atom is 0.232 e. The molecule has 0 aliphatic carbocycles. The van der Waals surface area contributed by atoms with Gasteiger partial charge in [-0.3, -0.25) is 14.1 Å². The number of carbonyl (C=O) groups excluding carboxylic acids is 1. The molecule has 1 unspecified atom stereocenters. The largest absolute Gasteiger partial charge is 0.299 e. The van der Waals surface area contributed by atoms with Crippen LogP contribution in [0.5, 0.6) is 0 Å². The molecule has 0 rings (SSSR count). The standard InChI is InChI=1S/C6H13NO3S/c1-3-4-5-6(8)7-11(2,9)10/h2-5H2,1H3,(H2,7,8,9,10). The molecule has 0 saturated heterocycles. The molecule has 0 heterocycles. The van der Waals surface area contributed by atoms with Crippen LogP contribution in [0.15, 0.2) is 0 Å². The summed E-state index contributed by atoms with van der Waals surface area (Å²) in [6.45, 7) is 1.94. The quantitative estimate of drug-likeness (QED) is 0.614. The van der Waals surface area contributed by atoms with Gasteiger partial charge in [0.15, 0.2) is 9.99 Å². The van der Waals surface area contributed by atoms with Crippen LogP contribution in [0.25, 0.3) is 0 Å². The van der Waals surface area contributed by atoms with Crippen molar-refractivity contribution >= 4 is 21.8 Å². The van der Waals surface area contributed by atoms with Gasteiger partial charge in [-0.2, -0.15) is 0 Å². The van der Waals surface area contributed by atoms with Gasteiger partial charge < -0.3 is 0 Å². The maximum atomic E-state index is 10.7. The third-order valence-corrected chi connectivity index (χ3v) is 1.58. The van der Waals surface area contributed by atoms with E-state index in [2.05, 4.69) is 5.87 Å². The Kier molecular flexibility index (Phi) is 4.14. The number of unbranched alkanes of at least 4 members (excludes halogenated alkanes) is 1. The first kappa shape index (κ1) is 10.4. The number of hydrogen-bond acceptors (Lipinski definition) is 2. The van der Waals surface area contributed by atoms with Crippen LogP contribution in [0.3, 0.4) is 0 Å². The number of rotatable bonds is 4. The number of hydrogen-bond donors (Lipinski definition) is 2. The molecule has 0 aliphatic heterocycles. The normalized spacial score (nSPS) is 15.5. The Hall–Kier alpha value is -0.550. The van der Waals surface area contributed by atoms with Crippen molar-refractivity contribution in [2.45, 2.75) is 26.2 Å². The minimum absolute atomic E-state index is 0.281. The minimum Gasteiger partial charge on any atom is -0.299 e. The van der Waals surface area contributed by atoms with Crippen LogP contribution < -0.4 is 4.72 Å². The van der Waals surface area contributed by atoms with Crippen LogP contribution in [0, 0.1) is 0 Å². The molecular weight excluding hydrogens is 166 g/mol. The van der Waals surface area contributed by atoms with E-state index in [4.69, 9.17) is 4.55 Å². The molecule has 0 spiro atoms. The molecule has 0 aliphatic rings. The molecule has 1 amide bonds. The Bertz CT molecular complexity index is 220. The van der Waals surface area contributed by atoms with Gasteiger partial charge in [0.2, 0.25) is 5.91 Å². The van der Waals surface area contributed by atoms with Crippen molar-refractivity contribution in [3.63, 3.8) is 0 Å². The van der Waals surface area contributed by atoms with Crippen molar-refractivity contribution in [2.24, 2.45) is 0 Å². The van der Waals surface area contributed by atoms with Crippen molar-refractivity contribution in [3.8, 4) is 0 Å². The van der Waals surface area contributed by atoms with Crippen molar-refractivity contribution in [1.82, 2.24) is 4.72 Å². The summed E-state index contributed by atoms with van der Waals surface area (Å²) in [5.41, 5.74) is 0. The fraction of sp³-hybridized carbons (Fsp3) is 0.667. The molecule has 0 fully saturated rings. The summed E-state index contributed by atoms with van der Waals surface area (Å²) >= 11 is 0. The average molecular weight is 179 g/mol. The molecular formula is C6H13NO3S. The van der Waals surface area contributed by atoms with E-state index in [0.29, 0.717) is 0 Å². The van der Waals surface area contributed by atoms with E-state index in [0.717, 1.165) is 12.8 Å². The lowest BCUT2D eigenvalue weighted by molar-refractivity contribution is -0.119. The molecule has 5 heteroatoms. The van der Waals surface area contributed by atoms with Crippen LogP contribution in [0.1, 0.15) is 26.2 Å². The van der Waals surface area contributed by atoms with Crippen molar-refractivity contribution in [1.29, 1.82) is 0 Å². The molecule has 0 aromatic rings. The average Bonchev–Trinajstić information content (AvgIpc) is 1.79. The summed E-state index contributed by atoms with van der Waals surface area (Å²) in [6.07, 6.45) is 1.89. The minimum atomic E-state index is -3.35. The van der Waals surface area contributed by atoms with Gasteiger partial charge >= 0.3 is 0 Å². The second-order valence-electron chi connectivity index (χ2n) is 2.27. The zero-order valence-electron chi connectivity index (χ0n) is 6.50. The molecule has 4 nitrogen and oxygen atoms in total. The zero-order valence-corrected chi connectivity index (χ0v) is 7.32. The van der Waals surface area contributed by atoms with Gasteiger partial charge in [0.25, 0.3) is 0 Å². The van der Waals surface area contributed by atoms with Crippen molar-refractivity contribution in [3.05, 3.63) is 0 Å². The van der Waals surface area contributed by atoms with Gasteiger partial charge in [-0.15, -0.1) is 0 Å². The van der Waals surface area contributed by atoms with Crippen LogP contribution in [0.2, 0.25) is 0 Å². The summed E-state index contributed by atoms with van der Waals surface area (Å²) in [7, 11) is -3.35. The lowest BCUT2D eigenvalue weighted by atomic mass is 10.2. The molecule has 0 radical (unpaired) electrons. The molecule has 0 saturated carbocycles. The predicted octanol–water partition coefficient (Wildman–Crippen LogP) is 0.397. The van der Waals surface area contributed by atoms with Crippen molar-refractivity contribution in [2.75, 3.05) is 0 Å². The third kappa shape index (κ3) is 7.35. The number of carbonyl (C=O) groups is 1. The summed E-state index contributed by atoms with van der Waals surface area (Å²) < 4.78 is 20.9. The Balaban J connectivity index is 3.71. The zero-order chi connectivity index (χ0) is 8.91. The predicted molar refractivity (Wildman–Crippen MR) is 45.6 cm³/mol. The molecule has 1 atom stereocenters. The van der Waals surface area contributed by atoms with E-state index in [1.165, 1.54) is 0 Å². The molecule has 0 bridgehead atoms. The summed E-state index contributed by atoms with van der Waals surface area (Å²) in [5, 5.41) is 0. The van der Waals surface area contributed by atoms with E-state index in [-0.39, 0.29) is 6.42 Å². The number of nitrogens with one attached hydrogen (secondary N) is 1. The summed E-state index contributed by atoms with van der Waals surface area (Å²) in [4.78, 5) is 10.7. The Morgan fingerprint density at radius 1 is 1.73 bits per heavy atom. The molecule has 11 heavy (non-hydrogen) atoms. The van der Waals surface area contributed by atoms with Crippen molar-refractivity contribution < 1.29 is 13.6 Å². The van der Waals surface area contributed by atoms with Gasteiger partial charge in [0, 0.05) is 6.42 Å². The lowest BCUT2D eigenvalue weighted by Crippen LogP contribution is -2.29. The summed E-state index contributed by atoms with van der Waals surface area (Å²) in [5.74, 6) is 2.45. The van der Waals surface area contributed by atoms with E-state index >= 15 is 0 Å². The topological polar surface area (TPSA) is 66.4 Å². The van der Waals surface area contributed by atoms with E-state index in [9.17, 15) is 9.00 Å².